The van der Waals surface area contributed by atoms with Crippen molar-refractivity contribution in [2.45, 2.75) is 0 Å². The first-order valence-corrected chi connectivity index (χ1v) is 10.7. The fraction of sp³-hybridized carbons (Fsp3) is 0.150. The molecule has 2 heterocycles. The Morgan fingerprint density at radius 1 is 1.24 bits per heavy atom. The molecule has 1 saturated heterocycles. The first kappa shape index (κ1) is 19.9. The number of fused-ring (bicyclic) bond motifs is 1. The van der Waals surface area contributed by atoms with Crippen LogP contribution in [-0.2, 0) is 4.79 Å². The Morgan fingerprint density at radius 2 is 2.07 bits per heavy atom. The van der Waals surface area contributed by atoms with Crippen molar-refractivity contribution in [1.82, 2.24) is 10.2 Å². The van der Waals surface area contributed by atoms with Gasteiger partial charge in [-0.05, 0) is 42.0 Å². The molecule has 0 radical (unpaired) electrons. The van der Waals surface area contributed by atoms with Gasteiger partial charge in [0, 0.05) is 23.1 Å². The maximum atomic E-state index is 12.7. The maximum Gasteiger partial charge on any atom is 0.266 e. The lowest BCUT2D eigenvalue weighted by atomic mass is 10.2. The van der Waals surface area contributed by atoms with Gasteiger partial charge in [-0.25, -0.2) is 0 Å². The Bertz CT molecular complexity index is 1040. The third kappa shape index (κ3) is 4.47. The predicted molar refractivity (Wildman–Crippen MR) is 119 cm³/mol. The molecular formula is C20H15BrN2O4S2. The maximum absolute atomic E-state index is 12.7. The summed E-state index contributed by atoms with van der Waals surface area (Å²) in [6.07, 6.45) is 1.78. The average molecular weight is 491 g/mol. The Kier molecular flexibility index (Phi) is 5.89. The highest BCUT2D eigenvalue weighted by molar-refractivity contribution is 9.10. The number of amides is 2. The molecule has 148 valence electrons. The van der Waals surface area contributed by atoms with Crippen LogP contribution >= 0.6 is 39.9 Å². The second-order valence-corrected chi connectivity index (χ2v) is 8.80. The van der Waals surface area contributed by atoms with E-state index in [0.717, 1.165) is 10.0 Å². The van der Waals surface area contributed by atoms with Gasteiger partial charge in [-0.15, -0.1) is 0 Å². The number of hydrogen-bond donors (Lipinski definition) is 1. The molecule has 2 aromatic rings. The molecule has 2 aromatic carbocycles. The number of nitrogens with one attached hydrogen (secondary N) is 1. The number of rotatable bonds is 5. The van der Waals surface area contributed by atoms with Crippen LogP contribution in [0.1, 0.15) is 15.9 Å². The molecule has 0 aromatic heterocycles. The number of halogens is 1. The van der Waals surface area contributed by atoms with Crippen LogP contribution in [-0.4, -0.2) is 40.9 Å². The SMILES string of the molecule is O=C(NCCN1C(=O)/C(=C\c2ccc3c(c2)OCO3)SC1=S)c1cccc(Br)c1. The zero-order valence-corrected chi connectivity index (χ0v) is 18.2. The molecule has 2 amide bonds. The van der Waals surface area contributed by atoms with Gasteiger partial charge >= 0.3 is 0 Å². The number of ether oxygens (including phenoxy) is 2. The van der Waals surface area contributed by atoms with E-state index in [0.29, 0.717) is 39.4 Å². The Morgan fingerprint density at radius 3 is 2.90 bits per heavy atom. The molecule has 2 aliphatic heterocycles. The van der Waals surface area contributed by atoms with Crippen molar-refractivity contribution in [2.24, 2.45) is 0 Å². The van der Waals surface area contributed by atoms with E-state index in [-0.39, 0.29) is 18.6 Å². The van der Waals surface area contributed by atoms with Crippen LogP contribution < -0.4 is 14.8 Å². The van der Waals surface area contributed by atoms with Gasteiger partial charge in [0.15, 0.2) is 11.5 Å². The number of benzene rings is 2. The van der Waals surface area contributed by atoms with E-state index in [1.807, 2.05) is 24.3 Å². The number of nitrogens with zero attached hydrogens (tertiary/aromatic N) is 1. The topological polar surface area (TPSA) is 67.9 Å². The molecule has 0 unspecified atom stereocenters. The summed E-state index contributed by atoms with van der Waals surface area (Å²) in [5.41, 5.74) is 1.38. The zero-order valence-electron chi connectivity index (χ0n) is 15.0. The van der Waals surface area contributed by atoms with Crippen LogP contribution in [0, 0.1) is 0 Å². The summed E-state index contributed by atoms with van der Waals surface area (Å²) >= 11 is 9.93. The highest BCUT2D eigenvalue weighted by Gasteiger charge is 2.31. The highest BCUT2D eigenvalue weighted by Crippen LogP contribution is 2.36. The summed E-state index contributed by atoms with van der Waals surface area (Å²) in [5, 5.41) is 2.81. The highest BCUT2D eigenvalue weighted by atomic mass is 79.9. The molecule has 2 aliphatic rings. The number of thioether (sulfide) groups is 1. The quantitative estimate of drug-likeness (QED) is 0.507. The molecule has 0 spiro atoms. The first-order chi connectivity index (χ1) is 14.0. The fourth-order valence-corrected chi connectivity index (χ4v) is 4.57. The minimum Gasteiger partial charge on any atom is -0.454 e. The first-order valence-electron chi connectivity index (χ1n) is 8.70. The average Bonchev–Trinajstić information content (AvgIpc) is 3.27. The fourth-order valence-electron chi connectivity index (χ4n) is 2.86. The third-order valence-electron chi connectivity index (χ3n) is 4.28. The Labute approximate surface area is 185 Å². The van der Waals surface area contributed by atoms with Gasteiger partial charge < -0.3 is 14.8 Å². The molecule has 9 heteroatoms. The van der Waals surface area contributed by atoms with Crippen LogP contribution in [0.5, 0.6) is 11.5 Å². The van der Waals surface area contributed by atoms with E-state index >= 15 is 0 Å². The largest absolute Gasteiger partial charge is 0.454 e. The molecule has 6 nitrogen and oxygen atoms in total. The Balaban J connectivity index is 1.37. The van der Waals surface area contributed by atoms with Gasteiger partial charge in [0.25, 0.3) is 11.8 Å². The summed E-state index contributed by atoms with van der Waals surface area (Å²) in [4.78, 5) is 27.0. The molecule has 4 rings (SSSR count). The Hall–Kier alpha value is -2.36. The van der Waals surface area contributed by atoms with Crippen molar-refractivity contribution < 1.29 is 19.1 Å². The van der Waals surface area contributed by atoms with Crippen LogP contribution in [0.2, 0.25) is 0 Å². The van der Waals surface area contributed by atoms with E-state index in [4.69, 9.17) is 21.7 Å². The summed E-state index contributed by atoms with van der Waals surface area (Å²) in [7, 11) is 0. The van der Waals surface area contributed by atoms with Crippen molar-refractivity contribution >= 4 is 62.1 Å². The van der Waals surface area contributed by atoms with Crippen molar-refractivity contribution in [3.63, 3.8) is 0 Å². The molecule has 29 heavy (non-hydrogen) atoms. The van der Waals surface area contributed by atoms with Gasteiger partial charge in [-0.2, -0.15) is 0 Å². The van der Waals surface area contributed by atoms with E-state index in [2.05, 4.69) is 21.2 Å². The normalized spacial score (nSPS) is 16.6. The second-order valence-electron chi connectivity index (χ2n) is 6.21. The predicted octanol–water partition coefficient (Wildman–Crippen LogP) is 3.81. The van der Waals surface area contributed by atoms with Gasteiger partial charge in [0.05, 0.1) is 4.91 Å². The van der Waals surface area contributed by atoms with E-state index in [9.17, 15) is 9.59 Å². The standard InChI is InChI=1S/C20H15BrN2O4S2/c21-14-3-1-2-13(10-14)18(24)22-6-7-23-19(25)17(29-20(23)28)9-12-4-5-15-16(8-12)27-11-26-15/h1-5,8-10H,6-7,11H2,(H,22,24)/b17-9+. The lowest BCUT2D eigenvalue weighted by Gasteiger charge is -2.14. The number of thiocarbonyl (C=S) groups is 1. The van der Waals surface area contributed by atoms with E-state index < -0.39 is 0 Å². The zero-order chi connectivity index (χ0) is 20.4. The van der Waals surface area contributed by atoms with Crippen molar-refractivity contribution in [3.8, 4) is 11.5 Å². The second kappa shape index (κ2) is 8.56. The van der Waals surface area contributed by atoms with Crippen LogP contribution in [0.3, 0.4) is 0 Å². The molecule has 0 atom stereocenters. The number of carbonyl (C=O) groups excluding carboxylic acids is 2. The molecule has 0 aliphatic carbocycles. The number of carbonyl (C=O) groups is 2. The smallest absolute Gasteiger partial charge is 0.266 e. The van der Waals surface area contributed by atoms with Crippen molar-refractivity contribution in [3.05, 3.63) is 63.0 Å². The molecule has 0 saturated carbocycles. The monoisotopic (exact) mass is 490 g/mol. The molecular weight excluding hydrogens is 476 g/mol. The van der Waals surface area contributed by atoms with Crippen molar-refractivity contribution in [2.75, 3.05) is 19.9 Å². The van der Waals surface area contributed by atoms with Gasteiger partial charge in [0.2, 0.25) is 6.79 Å². The molecule has 0 bridgehead atoms. The van der Waals surface area contributed by atoms with Gasteiger partial charge in [-0.3, -0.25) is 14.5 Å². The lowest BCUT2D eigenvalue weighted by Crippen LogP contribution is -2.37. The molecule has 1 fully saturated rings. The summed E-state index contributed by atoms with van der Waals surface area (Å²) < 4.78 is 12.0. The van der Waals surface area contributed by atoms with E-state index in [1.165, 1.54) is 16.7 Å². The van der Waals surface area contributed by atoms with Crippen LogP contribution in [0.4, 0.5) is 0 Å². The summed E-state index contributed by atoms with van der Waals surface area (Å²) in [5.74, 6) is 0.974. The van der Waals surface area contributed by atoms with Gasteiger partial charge in [0.1, 0.15) is 4.32 Å². The number of hydrogen-bond acceptors (Lipinski definition) is 6. The van der Waals surface area contributed by atoms with Gasteiger partial charge in [-0.1, -0.05) is 52.0 Å². The minimum absolute atomic E-state index is 0.172. The van der Waals surface area contributed by atoms with E-state index in [1.54, 1.807) is 24.3 Å². The van der Waals surface area contributed by atoms with Crippen LogP contribution in [0.25, 0.3) is 6.08 Å². The lowest BCUT2D eigenvalue weighted by molar-refractivity contribution is -0.122. The van der Waals surface area contributed by atoms with Crippen molar-refractivity contribution in [1.29, 1.82) is 0 Å². The summed E-state index contributed by atoms with van der Waals surface area (Å²) in [6.45, 7) is 0.810. The minimum atomic E-state index is -0.201. The van der Waals surface area contributed by atoms with Crippen LogP contribution in [0.15, 0.2) is 51.8 Å². The molecule has 1 N–H and O–H groups in total. The summed E-state index contributed by atoms with van der Waals surface area (Å²) in [6, 6.07) is 12.6. The third-order valence-corrected chi connectivity index (χ3v) is 6.15.